The van der Waals surface area contributed by atoms with Gasteiger partial charge >= 0.3 is 0 Å². The molecule has 0 bridgehead atoms. The zero-order valence-electron chi connectivity index (χ0n) is 12.5. The smallest absolute Gasteiger partial charge is 0.133 e. The summed E-state index contributed by atoms with van der Waals surface area (Å²) in [5, 5.41) is 1.19. The second-order valence-electron chi connectivity index (χ2n) is 6.17. The lowest BCUT2D eigenvalue weighted by Crippen LogP contribution is -2.31. The topological polar surface area (TPSA) is 16.4 Å². The van der Waals surface area contributed by atoms with E-state index in [1.807, 2.05) is 6.07 Å². The normalized spacial score (nSPS) is 18.9. The lowest BCUT2D eigenvalue weighted by Gasteiger charge is -2.33. The fourth-order valence-electron chi connectivity index (χ4n) is 3.46. The summed E-state index contributed by atoms with van der Waals surface area (Å²) >= 11 is 0. The van der Waals surface area contributed by atoms with Crippen LogP contribution in [0.1, 0.15) is 28.2 Å². The number of likely N-dealkylation sites (N-methyl/N-ethyl adjacent to an activating group) is 1. The first kappa shape index (κ1) is 12.7. The number of furan rings is 1. The van der Waals surface area contributed by atoms with Gasteiger partial charge in [0.25, 0.3) is 0 Å². The van der Waals surface area contributed by atoms with Crippen LogP contribution in [0.3, 0.4) is 0 Å². The molecular formula is C19H19NO. The van der Waals surface area contributed by atoms with Crippen molar-refractivity contribution >= 4 is 11.0 Å². The average molecular weight is 277 g/mol. The van der Waals surface area contributed by atoms with E-state index >= 15 is 0 Å². The predicted octanol–water partition coefficient (Wildman–Crippen LogP) is 4.32. The number of nitrogens with zero attached hydrogens (tertiary/aromatic N) is 1. The van der Waals surface area contributed by atoms with Crippen LogP contribution in [0.25, 0.3) is 11.0 Å². The molecule has 2 heterocycles. The van der Waals surface area contributed by atoms with Crippen molar-refractivity contribution in [1.29, 1.82) is 0 Å². The molecular weight excluding hydrogens is 258 g/mol. The van der Waals surface area contributed by atoms with Gasteiger partial charge in [-0.1, -0.05) is 29.8 Å². The third-order valence-corrected chi connectivity index (χ3v) is 4.49. The third kappa shape index (κ3) is 2.16. The fraction of sp³-hybridized carbons (Fsp3) is 0.263. The van der Waals surface area contributed by atoms with Crippen LogP contribution in [0.4, 0.5) is 0 Å². The highest BCUT2D eigenvalue weighted by Crippen LogP contribution is 2.34. The van der Waals surface area contributed by atoms with Crippen molar-refractivity contribution in [1.82, 2.24) is 4.90 Å². The summed E-state index contributed by atoms with van der Waals surface area (Å²) in [6.45, 7) is 4.28. The highest BCUT2D eigenvalue weighted by Gasteiger charge is 2.24. The van der Waals surface area contributed by atoms with Crippen LogP contribution in [0, 0.1) is 6.92 Å². The molecule has 1 aliphatic rings. The molecule has 0 fully saturated rings. The molecule has 4 rings (SSSR count). The Kier molecular flexibility index (Phi) is 2.86. The molecule has 3 aromatic rings. The SMILES string of the molecule is Cc1ccc2c(c1)CN(C)CC2c1ccc2occc2c1. The Balaban J connectivity index is 1.84. The molecule has 2 aromatic carbocycles. The van der Waals surface area contributed by atoms with Crippen molar-refractivity contribution in [3.8, 4) is 0 Å². The van der Waals surface area contributed by atoms with E-state index in [1.54, 1.807) is 6.26 Å². The molecule has 0 saturated carbocycles. The average Bonchev–Trinajstić information content (AvgIpc) is 2.93. The van der Waals surface area contributed by atoms with Gasteiger partial charge in [-0.2, -0.15) is 0 Å². The lowest BCUT2D eigenvalue weighted by atomic mass is 9.84. The monoisotopic (exact) mass is 277 g/mol. The van der Waals surface area contributed by atoms with E-state index in [-0.39, 0.29) is 0 Å². The molecule has 106 valence electrons. The standard InChI is InChI=1S/C19H19NO/c1-13-3-5-17-16(9-13)11-20(2)12-18(17)14-4-6-19-15(10-14)7-8-21-19/h3-10,18H,11-12H2,1-2H3. The second kappa shape index (κ2) is 4.74. The van der Waals surface area contributed by atoms with Crippen molar-refractivity contribution in [3.05, 3.63) is 71.0 Å². The summed E-state index contributed by atoms with van der Waals surface area (Å²) in [5.74, 6) is 0.443. The molecule has 1 unspecified atom stereocenters. The summed E-state index contributed by atoms with van der Waals surface area (Å²) < 4.78 is 5.46. The predicted molar refractivity (Wildman–Crippen MR) is 85.6 cm³/mol. The molecule has 2 heteroatoms. The van der Waals surface area contributed by atoms with Gasteiger partial charge in [-0.3, -0.25) is 0 Å². The maximum atomic E-state index is 5.46. The van der Waals surface area contributed by atoms with Crippen LogP contribution < -0.4 is 0 Å². The molecule has 0 amide bonds. The summed E-state index contributed by atoms with van der Waals surface area (Å²) in [6, 6.07) is 15.5. The van der Waals surface area contributed by atoms with Gasteiger partial charge in [0.15, 0.2) is 0 Å². The molecule has 21 heavy (non-hydrogen) atoms. The minimum Gasteiger partial charge on any atom is -0.464 e. The van der Waals surface area contributed by atoms with E-state index < -0.39 is 0 Å². The van der Waals surface area contributed by atoms with E-state index in [1.165, 1.54) is 27.6 Å². The maximum Gasteiger partial charge on any atom is 0.133 e. The first-order valence-electron chi connectivity index (χ1n) is 7.46. The Labute approximate surface area is 125 Å². The molecule has 0 spiro atoms. The quantitative estimate of drug-likeness (QED) is 0.658. The van der Waals surface area contributed by atoms with Crippen molar-refractivity contribution in [2.45, 2.75) is 19.4 Å². The number of benzene rings is 2. The zero-order chi connectivity index (χ0) is 14.4. The molecule has 1 atom stereocenters. The molecule has 0 radical (unpaired) electrons. The largest absolute Gasteiger partial charge is 0.464 e. The van der Waals surface area contributed by atoms with Crippen molar-refractivity contribution < 1.29 is 4.42 Å². The molecule has 0 saturated heterocycles. The van der Waals surface area contributed by atoms with Gasteiger partial charge in [-0.15, -0.1) is 0 Å². The minimum atomic E-state index is 0.443. The van der Waals surface area contributed by atoms with E-state index in [2.05, 4.69) is 55.3 Å². The van der Waals surface area contributed by atoms with Crippen molar-refractivity contribution in [3.63, 3.8) is 0 Å². The lowest BCUT2D eigenvalue weighted by molar-refractivity contribution is 0.295. The zero-order valence-corrected chi connectivity index (χ0v) is 12.5. The minimum absolute atomic E-state index is 0.443. The first-order valence-corrected chi connectivity index (χ1v) is 7.46. The number of aryl methyl sites for hydroxylation is 1. The summed E-state index contributed by atoms with van der Waals surface area (Å²) in [7, 11) is 2.20. The van der Waals surface area contributed by atoms with E-state index in [0.29, 0.717) is 5.92 Å². The van der Waals surface area contributed by atoms with Crippen LogP contribution in [0.15, 0.2) is 53.1 Å². The van der Waals surface area contributed by atoms with Crippen molar-refractivity contribution in [2.24, 2.45) is 0 Å². The van der Waals surface area contributed by atoms with Gasteiger partial charge < -0.3 is 9.32 Å². The van der Waals surface area contributed by atoms with Crippen LogP contribution in [0.2, 0.25) is 0 Å². The summed E-state index contributed by atoms with van der Waals surface area (Å²) in [6.07, 6.45) is 1.76. The Morgan fingerprint density at radius 2 is 2.00 bits per heavy atom. The number of hydrogen-bond donors (Lipinski definition) is 0. The Bertz CT molecular complexity index is 802. The van der Waals surface area contributed by atoms with Gasteiger partial charge in [0, 0.05) is 24.4 Å². The van der Waals surface area contributed by atoms with Gasteiger partial charge in [0.05, 0.1) is 6.26 Å². The van der Waals surface area contributed by atoms with Crippen molar-refractivity contribution in [2.75, 3.05) is 13.6 Å². The van der Waals surface area contributed by atoms with Gasteiger partial charge in [0.1, 0.15) is 5.58 Å². The Morgan fingerprint density at radius 1 is 1.10 bits per heavy atom. The fourth-order valence-corrected chi connectivity index (χ4v) is 3.46. The van der Waals surface area contributed by atoms with Gasteiger partial charge in [0.2, 0.25) is 0 Å². The summed E-state index contributed by atoms with van der Waals surface area (Å²) in [4.78, 5) is 2.41. The molecule has 0 aliphatic carbocycles. The number of fused-ring (bicyclic) bond motifs is 2. The Hall–Kier alpha value is -2.06. The number of hydrogen-bond acceptors (Lipinski definition) is 2. The molecule has 2 nitrogen and oxygen atoms in total. The van der Waals surface area contributed by atoms with Gasteiger partial charge in [-0.05, 0) is 48.9 Å². The van der Waals surface area contributed by atoms with E-state index in [0.717, 1.165) is 18.7 Å². The highest BCUT2D eigenvalue weighted by atomic mass is 16.3. The second-order valence-corrected chi connectivity index (χ2v) is 6.17. The highest BCUT2D eigenvalue weighted by molar-refractivity contribution is 5.78. The molecule has 1 aromatic heterocycles. The van der Waals surface area contributed by atoms with E-state index in [9.17, 15) is 0 Å². The van der Waals surface area contributed by atoms with E-state index in [4.69, 9.17) is 4.42 Å². The Morgan fingerprint density at radius 3 is 2.90 bits per heavy atom. The van der Waals surface area contributed by atoms with Gasteiger partial charge in [-0.25, -0.2) is 0 Å². The number of rotatable bonds is 1. The summed E-state index contributed by atoms with van der Waals surface area (Å²) in [5.41, 5.74) is 6.61. The third-order valence-electron chi connectivity index (χ3n) is 4.49. The van der Waals surface area contributed by atoms with Crippen LogP contribution in [-0.4, -0.2) is 18.5 Å². The first-order chi connectivity index (χ1) is 10.2. The van der Waals surface area contributed by atoms with Crippen LogP contribution in [-0.2, 0) is 6.54 Å². The van der Waals surface area contributed by atoms with Crippen LogP contribution in [0.5, 0.6) is 0 Å². The van der Waals surface area contributed by atoms with Crippen LogP contribution >= 0.6 is 0 Å². The maximum absolute atomic E-state index is 5.46. The molecule has 0 N–H and O–H groups in total. The molecule has 1 aliphatic heterocycles.